The van der Waals surface area contributed by atoms with Crippen molar-refractivity contribution in [1.29, 1.82) is 10.5 Å². The van der Waals surface area contributed by atoms with Gasteiger partial charge in [-0.25, -0.2) is 14.8 Å². The number of carbonyl (C=O) groups excluding carboxylic acids is 1. The number of methoxy groups -OCH3 is 1. The SMILES string of the molecule is COC(=O)c1ccccc1Nc1ncnc(N(CC#N)CC#N)c1N. The highest BCUT2D eigenvalue weighted by molar-refractivity contribution is 5.97. The minimum absolute atomic E-state index is 0.0486. The molecule has 9 heteroatoms. The van der Waals surface area contributed by atoms with Gasteiger partial charge in [0.05, 0.1) is 30.5 Å². The van der Waals surface area contributed by atoms with E-state index in [1.165, 1.54) is 18.3 Å². The molecule has 0 saturated heterocycles. The first-order valence-corrected chi connectivity index (χ1v) is 7.16. The Bertz CT molecular complexity index is 838. The molecule has 0 spiro atoms. The van der Waals surface area contributed by atoms with Crippen LogP contribution >= 0.6 is 0 Å². The number of nitrogen functional groups attached to an aromatic ring is 1. The largest absolute Gasteiger partial charge is 0.465 e. The van der Waals surface area contributed by atoms with E-state index >= 15 is 0 Å². The Labute approximate surface area is 144 Å². The lowest BCUT2D eigenvalue weighted by molar-refractivity contribution is 0.0602. The molecule has 25 heavy (non-hydrogen) atoms. The zero-order chi connectivity index (χ0) is 18.2. The Kier molecular flexibility index (Phi) is 5.69. The Morgan fingerprint density at radius 3 is 2.60 bits per heavy atom. The summed E-state index contributed by atoms with van der Waals surface area (Å²) in [6, 6.07) is 10.6. The Morgan fingerprint density at radius 2 is 1.96 bits per heavy atom. The molecule has 0 atom stereocenters. The van der Waals surface area contributed by atoms with Gasteiger partial charge in [0.1, 0.15) is 25.1 Å². The van der Waals surface area contributed by atoms with Crippen LogP contribution in [0.4, 0.5) is 23.0 Å². The van der Waals surface area contributed by atoms with Crippen LogP contribution in [-0.4, -0.2) is 36.1 Å². The van der Waals surface area contributed by atoms with E-state index in [1.54, 1.807) is 24.3 Å². The van der Waals surface area contributed by atoms with Crippen LogP contribution in [0, 0.1) is 22.7 Å². The van der Waals surface area contributed by atoms with Gasteiger partial charge in [-0.2, -0.15) is 10.5 Å². The van der Waals surface area contributed by atoms with E-state index < -0.39 is 5.97 Å². The average Bonchev–Trinajstić information content (AvgIpc) is 2.63. The van der Waals surface area contributed by atoms with Crippen LogP contribution < -0.4 is 16.0 Å². The smallest absolute Gasteiger partial charge is 0.339 e. The molecule has 0 bridgehead atoms. The van der Waals surface area contributed by atoms with E-state index in [9.17, 15) is 4.79 Å². The predicted molar refractivity (Wildman–Crippen MR) is 90.9 cm³/mol. The van der Waals surface area contributed by atoms with Gasteiger partial charge in [0.25, 0.3) is 0 Å². The highest BCUT2D eigenvalue weighted by Crippen LogP contribution is 2.29. The molecule has 0 aliphatic carbocycles. The fourth-order valence-corrected chi connectivity index (χ4v) is 2.12. The van der Waals surface area contributed by atoms with Crippen LogP contribution in [0.15, 0.2) is 30.6 Å². The number of nitrogens with two attached hydrogens (primary N) is 1. The van der Waals surface area contributed by atoms with Crippen molar-refractivity contribution >= 4 is 29.0 Å². The van der Waals surface area contributed by atoms with Gasteiger partial charge in [0.2, 0.25) is 0 Å². The summed E-state index contributed by atoms with van der Waals surface area (Å²) in [5.74, 6) is 0.00456. The molecule has 0 amide bonds. The van der Waals surface area contributed by atoms with Gasteiger partial charge in [0.15, 0.2) is 11.6 Å². The number of esters is 1. The molecule has 1 aromatic heterocycles. The van der Waals surface area contributed by atoms with Crippen LogP contribution in [0.25, 0.3) is 0 Å². The van der Waals surface area contributed by atoms with Crippen molar-refractivity contribution in [3.8, 4) is 12.1 Å². The predicted octanol–water partition coefficient (Wildman–Crippen LogP) is 1.44. The lowest BCUT2D eigenvalue weighted by atomic mass is 10.2. The molecular weight excluding hydrogens is 322 g/mol. The summed E-state index contributed by atoms with van der Waals surface area (Å²) >= 11 is 0. The normalized spacial score (nSPS) is 9.56. The van der Waals surface area contributed by atoms with Gasteiger partial charge in [-0.1, -0.05) is 12.1 Å². The van der Waals surface area contributed by atoms with Gasteiger partial charge >= 0.3 is 5.97 Å². The minimum atomic E-state index is -0.508. The Morgan fingerprint density at radius 1 is 1.28 bits per heavy atom. The monoisotopic (exact) mass is 337 g/mol. The maximum atomic E-state index is 11.8. The number of hydrogen-bond acceptors (Lipinski definition) is 9. The first-order valence-electron chi connectivity index (χ1n) is 7.16. The molecule has 1 aromatic carbocycles. The second-order valence-corrected chi connectivity index (χ2v) is 4.79. The van der Waals surface area contributed by atoms with Crippen molar-refractivity contribution < 1.29 is 9.53 Å². The molecule has 2 aromatic rings. The van der Waals surface area contributed by atoms with E-state index in [1.807, 2.05) is 12.1 Å². The van der Waals surface area contributed by atoms with Crippen LogP contribution in [0.5, 0.6) is 0 Å². The fraction of sp³-hybridized carbons (Fsp3) is 0.188. The molecule has 9 nitrogen and oxygen atoms in total. The van der Waals surface area contributed by atoms with Crippen molar-refractivity contribution in [3.63, 3.8) is 0 Å². The molecule has 1 heterocycles. The summed E-state index contributed by atoms with van der Waals surface area (Å²) in [6.07, 6.45) is 1.26. The first-order chi connectivity index (χ1) is 12.1. The number of nitrogens with one attached hydrogen (secondary N) is 1. The number of carbonyl (C=O) groups is 1. The quantitative estimate of drug-likeness (QED) is 0.591. The molecule has 0 aliphatic rings. The molecule has 2 rings (SSSR count). The molecule has 0 saturated carbocycles. The van der Waals surface area contributed by atoms with E-state index in [0.717, 1.165) is 0 Å². The summed E-state index contributed by atoms with van der Waals surface area (Å²) in [5, 5.41) is 20.8. The maximum absolute atomic E-state index is 11.8. The second-order valence-electron chi connectivity index (χ2n) is 4.79. The molecule has 0 radical (unpaired) electrons. The highest BCUT2D eigenvalue weighted by Gasteiger charge is 2.17. The van der Waals surface area contributed by atoms with Crippen molar-refractivity contribution in [2.75, 3.05) is 36.1 Å². The first kappa shape index (κ1) is 17.5. The van der Waals surface area contributed by atoms with Crippen molar-refractivity contribution in [3.05, 3.63) is 36.2 Å². The second kappa shape index (κ2) is 8.13. The Hall–Kier alpha value is -3.85. The van der Waals surface area contributed by atoms with E-state index in [2.05, 4.69) is 15.3 Å². The highest BCUT2D eigenvalue weighted by atomic mass is 16.5. The number of ether oxygens (including phenoxy) is 1. The van der Waals surface area contributed by atoms with Gasteiger partial charge in [-0.15, -0.1) is 0 Å². The molecule has 0 aliphatic heterocycles. The molecule has 3 N–H and O–H groups in total. The number of para-hydroxylation sites is 1. The number of nitriles is 2. The summed E-state index contributed by atoms with van der Waals surface area (Å²) in [4.78, 5) is 21.4. The summed E-state index contributed by atoms with van der Waals surface area (Å²) in [7, 11) is 1.29. The molecular formula is C16H15N7O2. The maximum Gasteiger partial charge on any atom is 0.339 e. The number of benzene rings is 1. The van der Waals surface area contributed by atoms with Crippen LogP contribution in [-0.2, 0) is 4.74 Å². The van der Waals surface area contributed by atoms with Crippen molar-refractivity contribution in [2.24, 2.45) is 0 Å². The summed E-state index contributed by atoms with van der Waals surface area (Å²) in [6.45, 7) is -0.0973. The number of anilines is 4. The van der Waals surface area contributed by atoms with Crippen molar-refractivity contribution in [2.45, 2.75) is 0 Å². The lowest BCUT2D eigenvalue weighted by Crippen LogP contribution is -2.26. The third-order valence-corrected chi connectivity index (χ3v) is 3.27. The zero-order valence-electron chi connectivity index (χ0n) is 13.4. The average molecular weight is 337 g/mol. The van der Waals surface area contributed by atoms with Gasteiger partial charge in [0, 0.05) is 0 Å². The number of aromatic nitrogens is 2. The van der Waals surface area contributed by atoms with E-state index in [0.29, 0.717) is 11.3 Å². The van der Waals surface area contributed by atoms with Gasteiger partial charge in [-0.05, 0) is 12.1 Å². The van der Waals surface area contributed by atoms with Crippen LogP contribution in [0.3, 0.4) is 0 Å². The van der Waals surface area contributed by atoms with Crippen molar-refractivity contribution in [1.82, 2.24) is 9.97 Å². The summed E-state index contributed by atoms with van der Waals surface area (Å²) < 4.78 is 4.75. The van der Waals surface area contributed by atoms with E-state index in [-0.39, 0.29) is 30.4 Å². The fourth-order valence-electron chi connectivity index (χ4n) is 2.12. The Balaban J connectivity index is 2.40. The minimum Gasteiger partial charge on any atom is -0.465 e. The molecule has 0 fully saturated rings. The van der Waals surface area contributed by atoms with Gasteiger partial charge < -0.3 is 20.7 Å². The third kappa shape index (κ3) is 3.92. The van der Waals surface area contributed by atoms with Crippen LogP contribution in [0.1, 0.15) is 10.4 Å². The number of hydrogen-bond donors (Lipinski definition) is 2. The molecule has 0 unspecified atom stereocenters. The number of rotatable bonds is 6. The number of nitrogens with zero attached hydrogens (tertiary/aromatic N) is 5. The topological polar surface area (TPSA) is 141 Å². The zero-order valence-corrected chi connectivity index (χ0v) is 13.4. The van der Waals surface area contributed by atoms with Crippen LogP contribution in [0.2, 0.25) is 0 Å². The lowest BCUT2D eigenvalue weighted by Gasteiger charge is -2.20. The third-order valence-electron chi connectivity index (χ3n) is 3.27. The van der Waals surface area contributed by atoms with Gasteiger partial charge in [-0.3, -0.25) is 0 Å². The molecule has 126 valence electrons. The summed E-state index contributed by atoms with van der Waals surface area (Å²) in [5.41, 5.74) is 7.02. The van der Waals surface area contributed by atoms with E-state index in [4.69, 9.17) is 21.0 Å². The standard InChI is InChI=1S/C16H15N7O2/c1-25-16(24)11-4-2-3-5-12(11)22-14-13(19)15(21-10-20-14)23(8-6-17)9-7-18/h2-5,10H,8-9,19H2,1H3,(H,20,21,22).